The zero-order chi connectivity index (χ0) is 15.7. The van der Waals surface area contributed by atoms with E-state index in [0.29, 0.717) is 11.4 Å². The fourth-order valence-corrected chi connectivity index (χ4v) is 2.87. The molecule has 0 aliphatic carbocycles. The van der Waals surface area contributed by atoms with Crippen LogP contribution < -0.4 is 4.90 Å². The van der Waals surface area contributed by atoms with Gasteiger partial charge in [-0.15, -0.1) is 5.10 Å². The minimum Gasteiger partial charge on any atom is -0.353 e. The van der Waals surface area contributed by atoms with Crippen molar-refractivity contribution in [2.45, 2.75) is 39.5 Å². The molecule has 0 aromatic carbocycles. The summed E-state index contributed by atoms with van der Waals surface area (Å²) < 4.78 is 0. The summed E-state index contributed by atoms with van der Waals surface area (Å²) in [6, 6.07) is 2.28. The normalized spacial score (nSPS) is 18.3. The summed E-state index contributed by atoms with van der Waals surface area (Å²) >= 11 is 0. The molecule has 2 aromatic rings. The number of anilines is 1. The van der Waals surface area contributed by atoms with Crippen LogP contribution in [0.3, 0.4) is 0 Å². The van der Waals surface area contributed by atoms with Crippen molar-refractivity contribution in [3.05, 3.63) is 28.5 Å². The first-order chi connectivity index (χ1) is 10.6. The van der Waals surface area contributed by atoms with E-state index in [4.69, 9.17) is 0 Å². The molecule has 1 aliphatic rings. The van der Waals surface area contributed by atoms with Crippen LogP contribution in [0, 0.1) is 32.1 Å². The van der Waals surface area contributed by atoms with Gasteiger partial charge in [0.2, 0.25) is 0 Å². The second-order valence-electron chi connectivity index (χ2n) is 5.79. The Bertz CT molecular complexity index is 728. The van der Waals surface area contributed by atoms with Crippen molar-refractivity contribution in [3.8, 4) is 6.07 Å². The Kier molecular flexibility index (Phi) is 3.75. The summed E-state index contributed by atoms with van der Waals surface area (Å²) in [5.41, 5.74) is 2.33. The molecule has 3 rings (SSSR count). The lowest BCUT2D eigenvalue weighted by molar-refractivity contribution is 0.488. The van der Waals surface area contributed by atoms with Crippen LogP contribution in [0.2, 0.25) is 0 Å². The Hall–Kier alpha value is -2.49. The van der Waals surface area contributed by atoms with Gasteiger partial charge in [0.1, 0.15) is 17.5 Å². The first-order valence-electron chi connectivity index (χ1n) is 7.48. The van der Waals surface area contributed by atoms with Gasteiger partial charge in [0.25, 0.3) is 0 Å². The average molecular weight is 297 g/mol. The molecule has 1 saturated heterocycles. The lowest BCUT2D eigenvalue weighted by Crippen LogP contribution is -2.36. The predicted octanol–water partition coefficient (Wildman–Crippen LogP) is 1.78. The molecule has 0 amide bonds. The first kappa shape index (κ1) is 14.4. The molecule has 0 saturated carbocycles. The van der Waals surface area contributed by atoms with Gasteiger partial charge in [0.05, 0.1) is 5.69 Å². The van der Waals surface area contributed by atoms with Crippen molar-refractivity contribution in [1.82, 2.24) is 25.4 Å². The fraction of sp³-hybridized carbons (Fsp3) is 0.533. The predicted molar refractivity (Wildman–Crippen MR) is 81.5 cm³/mol. The second-order valence-corrected chi connectivity index (χ2v) is 5.79. The van der Waals surface area contributed by atoms with Gasteiger partial charge in [-0.05, 0) is 39.2 Å². The number of aromatic nitrogens is 5. The highest BCUT2D eigenvalue weighted by atomic mass is 15.3. The van der Waals surface area contributed by atoms with Gasteiger partial charge in [-0.1, -0.05) is 0 Å². The van der Waals surface area contributed by atoms with Crippen LogP contribution in [-0.2, 0) is 0 Å². The summed E-state index contributed by atoms with van der Waals surface area (Å²) in [6.07, 6.45) is 2.08. The van der Waals surface area contributed by atoms with Gasteiger partial charge in [-0.25, -0.2) is 4.98 Å². The second kappa shape index (κ2) is 5.72. The molecule has 0 radical (unpaired) electrons. The number of H-pyrrole nitrogens is 1. The highest BCUT2D eigenvalue weighted by Gasteiger charge is 2.27. The highest BCUT2D eigenvalue weighted by Crippen LogP contribution is 2.29. The van der Waals surface area contributed by atoms with Crippen LogP contribution in [0.15, 0.2) is 0 Å². The van der Waals surface area contributed by atoms with Crippen molar-refractivity contribution < 1.29 is 0 Å². The van der Waals surface area contributed by atoms with E-state index in [1.807, 2.05) is 20.8 Å². The third-order valence-corrected chi connectivity index (χ3v) is 4.25. The number of aromatic amines is 1. The number of hydrogen-bond donors (Lipinski definition) is 1. The molecule has 1 fully saturated rings. The monoisotopic (exact) mass is 297 g/mol. The summed E-state index contributed by atoms with van der Waals surface area (Å²) in [5.74, 6) is 2.62. The van der Waals surface area contributed by atoms with Crippen molar-refractivity contribution in [3.63, 3.8) is 0 Å². The molecule has 7 nitrogen and oxygen atoms in total. The largest absolute Gasteiger partial charge is 0.353 e. The molecule has 2 aromatic heterocycles. The van der Waals surface area contributed by atoms with E-state index < -0.39 is 0 Å². The molecule has 114 valence electrons. The van der Waals surface area contributed by atoms with Crippen LogP contribution in [0.5, 0.6) is 0 Å². The summed E-state index contributed by atoms with van der Waals surface area (Å²) in [5, 5.41) is 25.1. The van der Waals surface area contributed by atoms with E-state index in [2.05, 4.69) is 36.3 Å². The zero-order valence-corrected chi connectivity index (χ0v) is 13.1. The number of rotatable bonds is 2. The molecule has 0 bridgehead atoms. The zero-order valence-electron chi connectivity index (χ0n) is 13.1. The van der Waals surface area contributed by atoms with Crippen LogP contribution >= 0.6 is 0 Å². The maximum absolute atomic E-state index is 9.47. The Morgan fingerprint density at radius 1 is 1.27 bits per heavy atom. The smallest absolute Gasteiger partial charge is 0.169 e. The fourth-order valence-electron chi connectivity index (χ4n) is 2.87. The number of nitrogens with zero attached hydrogens (tertiary/aromatic N) is 6. The van der Waals surface area contributed by atoms with E-state index in [1.54, 1.807) is 0 Å². The third kappa shape index (κ3) is 2.52. The molecular formula is C15H19N7. The minimum atomic E-state index is 0.258. The quantitative estimate of drug-likeness (QED) is 0.908. The van der Waals surface area contributed by atoms with Gasteiger partial charge in [0, 0.05) is 19.0 Å². The van der Waals surface area contributed by atoms with Gasteiger partial charge >= 0.3 is 0 Å². The first-order valence-corrected chi connectivity index (χ1v) is 7.48. The maximum Gasteiger partial charge on any atom is 0.169 e. The van der Waals surface area contributed by atoms with Crippen LogP contribution in [0.4, 0.5) is 5.82 Å². The molecule has 1 atom stereocenters. The molecule has 0 spiro atoms. The lowest BCUT2D eigenvalue weighted by atomic mass is 9.96. The van der Waals surface area contributed by atoms with Crippen LogP contribution in [0.1, 0.15) is 47.2 Å². The Morgan fingerprint density at radius 3 is 2.77 bits per heavy atom. The molecule has 7 heteroatoms. The molecule has 3 heterocycles. The van der Waals surface area contributed by atoms with Gasteiger partial charge < -0.3 is 4.90 Å². The lowest BCUT2D eigenvalue weighted by Gasteiger charge is -2.32. The molecule has 22 heavy (non-hydrogen) atoms. The Labute approximate surface area is 129 Å². The Morgan fingerprint density at radius 2 is 2.09 bits per heavy atom. The number of aryl methyl sites for hydroxylation is 2. The molecular weight excluding hydrogens is 278 g/mol. The topological polar surface area (TPSA) is 94.4 Å². The molecule has 1 unspecified atom stereocenters. The van der Waals surface area contributed by atoms with E-state index in [1.165, 1.54) is 0 Å². The molecule has 1 N–H and O–H groups in total. The van der Waals surface area contributed by atoms with E-state index in [9.17, 15) is 5.26 Å². The van der Waals surface area contributed by atoms with Gasteiger partial charge in [0.15, 0.2) is 11.6 Å². The van der Waals surface area contributed by atoms with Crippen LogP contribution in [-0.4, -0.2) is 38.5 Å². The van der Waals surface area contributed by atoms with Gasteiger partial charge in [-0.2, -0.15) is 15.5 Å². The van der Waals surface area contributed by atoms with E-state index in [-0.39, 0.29) is 5.92 Å². The highest BCUT2D eigenvalue weighted by molar-refractivity contribution is 5.57. The summed E-state index contributed by atoms with van der Waals surface area (Å²) in [4.78, 5) is 6.58. The third-order valence-electron chi connectivity index (χ3n) is 4.25. The number of hydrogen-bond acceptors (Lipinski definition) is 6. The SMILES string of the molecule is Cc1nc(C2CCCN(c3nnc(C)c(C)c3C#N)C2)n[nH]1. The van der Waals surface area contributed by atoms with Crippen molar-refractivity contribution >= 4 is 5.82 Å². The van der Waals surface area contributed by atoms with Crippen molar-refractivity contribution in [2.24, 2.45) is 0 Å². The minimum absolute atomic E-state index is 0.258. The Balaban J connectivity index is 1.90. The van der Waals surface area contributed by atoms with Crippen LogP contribution in [0.25, 0.3) is 0 Å². The maximum atomic E-state index is 9.47. The summed E-state index contributed by atoms with van der Waals surface area (Å²) in [6.45, 7) is 7.35. The van der Waals surface area contributed by atoms with Crippen molar-refractivity contribution in [2.75, 3.05) is 18.0 Å². The van der Waals surface area contributed by atoms with Crippen molar-refractivity contribution in [1.29, 1.82) is 5.26 Å². The average Bonchev–Trinajstić information content (AvgIpc) is 2.96. The number of nitriles is 1. The van der Waals surface area contributed by atoms with E-state index in [0.717, 1.165) is 48.8 Å². The van der Waals surface area contributed by atoms with E-state index >= 15 is 0 Å². The molecule has 1 aliphatic heterocycles. The summed E-state index contributed by atoms with van der Waals surface area (Å²) in [7, 11) is 0. The number of nitrogens with one attached hydrogen (secondary N) is 1. The number of piperidine rings is 1. The van der Waals surface area contributed by atoms with Gasteiger partial charge in [-0.3, -0.25) is 5.10 Å². The standard InChI is InChI=1S/C15H19N7/c1-9-10(2)18-21-15(13(9)7-16)22-6-4-5-12(8-22)14-17-11(3)19-20-14/h12H,4-6,8H2,1-3H3,(H,17,19,20).